The Bertz CT molecular complexity index is 464. The van der Waals surface area contributed by atoms with Gasteiger partial charge in [-0.1, -0.05) is 6.07 Å². The fourth-order valence-electron chi connectivity index (χ4n) is 1.45. The minimum atomic E-state index is -0.563. The lowest BCUT2D eigenvalue weighted by molar-refractivity contribution is -0.384. The number of nitrogens with two attached hydrogens (primary N) is 1. The summed E-state index contributed by atoms with van der Waals surface area (Å²) in [7, 11) is 1.36. The molecule has 1 aromatic carbocycles. The van der Waals surface area contributed by atoms with E-state index in [9.17, 15) is 14.9 Å². The van der Waals surface area contributed by atoms with Crippen molar-refractivity contribution in [3.63, 3.8) is 0 Å². The largest absolute Gasteiger partial charge is 0.490 e. The van der Waals surface area contributed by atoms with E-state index in [4.69, 9.17) is 15.2 Å². The number of carbonyl (C=O) groups excluding carboxylic acids is 1. The van der Waals surface area contributed by atoms with Crippen molar-refractivity contribution in [2.24, 2.45) is 5.73 Å². The van der Waals surface area contributed by atoms with Crippen molar-refractivity contribution in [1.29, 1.82) is 0 Å². The van der Waals surface area contributed by atoms with Crippen LogP contribution in [-0.2, 0) is 9.53 Å². The third-order valence-electron chi connectivity index (χ3n) is 2.21. The Hall–Kier alpha value is -2.35. The summed E-state index contributed by atoms with van der Waals surface area (Å²) in [5, 5.41) is 13.8. The van der Waals surface area contributed by atoms with E-state index in [1.165, 1.54) is 13.2 Å². The molecule has 0 aliphatic carbocycles. The molecule has 0 atom stereocenters. The number of methoxy groups -OCH3 is 1. The molecule has 0 bridgehead atoms. The fraction of sp³-hybridized carbons (Fsp3) is 0.364. The first-order chi connectivity index (χ1) is 9.06. The molecular weight excluding hydrogens is 254 g/mol. The maximum absolute atomic E-state index is 11.0. The predicted molar refractivity (Wildman–Crippen MR) is 68.2 cm³/mol. The summed E-state index contributed by atoms with van der Waals surface area (Å²) in [4.78, 5) is 20.9. The lowest BCUT2D eigenvalue weighted by Gasteiger charge is -2.09. The van der Waals surface area contributed by atoms with Gasteiger partial charge in [0.1, 0.15) is 12.3 Å². The molecule has 0 aliphatic heterocycles. The first kappa shape index (κ1) is 14.7. The van der Waals surface area contributed by atoms with E-state index >= 15 is 0 Å². The van der Waals surface area contributed by atoms with Crippen LogP contribution in [0.25, 0.3) is 0 Å². The highest BCUT2D eigenvalue weighted by Gasteiger charge is 2.19. The first-order valence-corrected chi connectivity index (χ1v) is 5.47. The Balaban J connectivity index is 2.62. The van der Waals surface area contributed by atoms with Crippen LogP contribution in [-0.4, -0.2) is 37.7 Å². The summed E-state index contributed by atoms with van der Waals surface area (Å²) in [6.45, 7) is 0.334. The van der Waals surface area contributed by atoms with Crippen molar-refractivity contribution in [3.8, 4) is 5.75 Å². The molecule has 0 saturated carbocycles. The number of ether oxygens (including phenoxy) is 2. The number of nitro benzene ring substituents is 1. The van der Waals surface area contributed by atoms with Crippen LogP contribution < -0.4 is 15.8 Å². The zero-order chi connectivity index (χ0) is 14.3. The minimum Gasteiger partial charge on any atom is -0.490 e. The molecule has 0 aromatic heterocycles. The van der Waals surface area contributed by atoms with Gasteiger partial charge in [-0.2, -0.15) is 0 Å². The average molecular weight is 269 g/mol. The van der Waals surface area contributed by atoms with E-state index < -0.39 is 10.8 Å². The standard InChI is InChI=1S/C11H15N3O5/c1-18-9-4-2-3-8(11(9)14(16)17)13-5-6-19-7-10(12)15/h2-4,13H,5-7H2,1H3,(H2,12,15). The summed E-state index contributed by atoms with van der Waals surface area (Å²) < 4.78 is 9.87. The van der Waals surface area contributed by atoms with Crippen LogP contribution in [0.2, 0.25) is 0 Å². The zero-order valence-electron chi connectivity index (χ0n) is 10.4. The normalized spacial score (nSPS) is 9.95. The van der Waals surface area contributed by atoms with Gasteiger partial charge in [-0.3, -0.25) is 14.9 Å². The molecule has 19 heavy (non-hydrogen) atoms. The number of nitro groups is 1. The minimum absolute atomic E-state index is 0.139. The highest BCUT2D eigenvalue weighted by molar-refractivity contribution is 5.75. The van der Waals surface area contributed by atoms with Gasteiger partial charge in [0.25, 0.3) is 0 Å². The number of hydrogen-bond acceptors (Lipinski definition) is 6. The Morgan fingerprint density at radius 2 is 2.26 bits per heavy atom. The number of hydrogen-bond donors (Lipinski definition) is 2. The lowest BCUT2D eigenvalue weighted by Crippen LogP contribution is -2.20. The van der Waals surface area contributed by atoms with Crippen LogP contribution >= 0.6 is 0 Å². The Morgan fingerprint density at radius 3 is 2.84 bits per heavy atom. The quantitative estimate of drug-likeness (QED) is 0.403. The van der Waals surface area contributed by atoms with Crippen LogP contribution in [0, 0.1) is 10.1 Å². The number of anilines is 1. The van der Waals surface area contributed by atoms with E-state index in [1.807, 2.05) is 0 Å². The lowest BCUT2D eigenvalue weighted by atomic mass is 10.2. The maximum atomic E-state index is 11.0. The summed E-state index contributed by atoms with van der Waals surface area (Å²) in [5.74, 6) is -0.389. The van der Waals surface area contributed by atoms with E-state index in [2.05, 4.69) is 5.32 Å². The third-order valence-corrected chi connectivity index (χ3v) is 2.21. The molecular formula is C11H15N3O5. The SMILES string of the molecule is COc1cccc(NCCOCC(N)=O)c1[N+](=O)[O-]. The number of para-hydroxylation sites is 1. The summed E-state index contributed by atoms with van der Waals surface area (Å²) in [5.41, 5.74) is 5.08. The van der Waals surface area contributed by atoms with Gasteiger partial charge in [-0.15, -0.1) is 0 Å². The Labute approximate surface area is 109 Å². The highest BCUT2D eigenvalue weighted by Crippen LogP contribution is 2.34. The number of primary amides is 1. The Kier molecular flexibility index (Phi) is 5.55. The second kappa shape index (κ2) is 7.17. The van der Waals surface area contributed by atoms with Crippen molar-refractivity contribution in [2.45, 2.75) is 0 Å². The molecule has 1 rings (SSSR count). The predicted octanol–water partition coefficient (Wildman–Crippen LogP) is 0.517. The van der Waals surface area contributed by atoms with Crippen LogP contribution in [0.5, 0.6) is 5.75 Å². The van der Waals surface area contributed by atoms with Crippen molar-refractivity contribution in [1.82, 2.24) is 0 Å². The monoisotopic (exact) mass is 269 g/mol. The molecule has 1 amide bonds. The van der Waals surface area contributed by atoms with Crippen LogP contribution in [0.4, 0.5) is 11.4 Å². The second-order valence-corrected chi connectivity index (χ2v) is 3.56. The van der Waals surface area contributed by atoms with Crippen molar-refractivity contribution in [3.05, 3.63) is 28.3 Å². The number of nitrogens with zero attached hydrogens (tertiary/aromatic N) is 1. The van der Waals surface area contributed by atoms with E-state index in [0.29, 0.717) is 12.2 Å². The molecule has 0 heterocycles. The highest BCUT2D eigenvalue weighted by atomic mass is 16.6. The molecule has 104 valence electrons. The van der Waals surface area contributed by atoms with Gasteiger partial charge in [0, 0.05) is 6.54 Å². The van der Waals surface area contributed by atoms with Gasteiger partial charge in [0.2, 0.25) is 5.91 Å². The molecule has 0 unspecified atom stereocenters. The maximum Gasteiger partial charge on any atom is 0.333 e. The molecule has 8 heteroatoms. The second-order valence-electron chi connectivity index (χ2n) is 3.56. The average Bonchev–Trinajstić information content (AvgIpc) is 2.37. The van der Waals surface area contributed by atoms with Crippen molar-refractivity contribution >= 4 is 17.3 Å². The molecule has 0 radical (unpaired) electrons. The van der Waals surface area contributed by atoms with Gasteiger partial charge in [-0.05, 0) is 12.1 Å². The summed E-state index contributed by atoms with van der Waals surface area (Å²) >= 11 is 0. The summed E-state index contributed by atoms with van der Waals surface area (Å²) in [6.07, 6.45) is 0. The third kappa shape index (κ3) is 4.43. The number of rotatable bonds is 8. The molecule has 0 spiro atoms. The molecule has 1 aromatic rings. The molecule has 8 nitrogen and oxygen atoms in total. The fourth-order valence-corrected chi connectivity index (χ4v) is 1.45. The van der Waals surface area contributed by atoms with E-state index in [-0.39, 0.29) is 24.7 Å². The van der Waals surface area contributed by atoms with Crippen molar-refractivity contribution < 1.29 is 19.2 Å². The van der Waals surface area contributed by atoms with Gasteiger partial charge in [0.15, 0.2) is 5.75 Å². The van der Waals surface area contributed by atoms with Gasteiger partial charge >= 0.3 is 5.69 Å². The first-order valence-electron chi connectivity index (χ1n) is 5.47. The van der Waals surface area contributed by atoms with Crippen molar-refractivity contribution in [2.75, 3.05) is 32.2 Å². The van der Waals surface area contributed by atoms with E-state index in [1.54, 1.807) is 12.1 Å². The van der Waals surface area contributed by atoms with E-state index in [0.717, 1.165) is 0 Å². The van der Waals surface area contributed by atoms with Crippen LogP contribution in [0.1, 0.15) is 0 Å². The van der Waals surface area contributed by atoms with Gasteiger partial charge < -0.3 is 20.5 Å². The molecule has 0 aliphatic rings. The zero-order valence-corrected chi connectivity index (χ0v) is 10.4. The van der Waals surface area contributed by atoms with Crippen LogP contribution in [0.3, 0.4) is 0 Å². The molecule has 0 fully saturated rings. The van der Waals surface area contributed by atoms with Crippen LogP contribution in [0.15, 0.2) is 18.2 Å². The smallest absolute Gasteiger partial charge is 0.333 e. The molecule has 0 saturated heterocycles. The molecule has 3 N–H and O–H groups in total. The topological polar surface area (TPSA) is 117 Å². The van der Waals surface area contributed by atoms with Gasteiger partial charge in [0.05, 0.1) is 18.6 Å². The number of benzene rings is 1. The number of nitrogens with one attached hydrogen (secondary N) is 1. The Morgan fingerprint density at radius 1 is 1.53 bits per heavy atom. The van der Waals surface area contributed by atoms with Gasteiger partial charge in [-0.25, -0.2) is 0 Å². The number of carbonyl (C=O) groups is 1. The number of amides is 1. The summed E-state index contributed by atoms with van der Waals surface area (Å²) in [6, 6.07) is 4.71.